The van der Waals surface area contributed by atoms with Crippen LogP contribution < -0.4 is 4.74 Å². The molecule has 26 heavy (non-hydrogen) atoms. The molecule has 0 aliphatic carbocycles. The van der Waals surface area contributed by atoms with Crippen molar-refractivity contribution < 1.29 is 23.9 Å². The van der Waals surface area contributed by atoms with Crippen molar-refractivity contribution in [3.8, 4) is 5.75 Å². The van der Waals surface area contributed by atoms with Crippen LogP contribution in [0.4, 0.5) is 0 Å². The standard InChI is InChI=1S/C20H17BrO5/c1-11(18(22)12-6-4-3-5-7-12)16-14-10-13(21)8-9-15(14)26-20(24)17(16)19(23)25-2/h3-11,16-17H,1-2H3/t11-,16-,17-/m0/s1. The number of hydrogen-bond donors (Lipinski definition) is 0. The first kappa shape index (κ1) is 18.3. The molecule has 2 aromatic carbocycles. The lowest BCUT2D eigenvalue weighted by atomic mass is 9.73. The van der Waals surface area contributed by atoms with Gasteiger partial charge in [-0.05, 0) is 18.2 Å². The topological polar surface area (TPSA) is 69.7 Å². The number of fused-ring (bicyclic) bond motifs is 1. The van der Waals surface area contributed by atoms with Crippen LogP contribution in [0.5, 0.6) is 5.75 Å². The lowest BCUT2D eigenvalue weighted by molar-refractivity contribution is -0.158. The van der Waals surface area contributed by atoms with E-state index in [0.29, 0.717) is 16.9 Å². The third kappa shape index (κ3) is 3.29. The summed E-state index contributed by atoms with van der Waals surface area (Å²) in [7, 11) is 1.22. The van der Waals surface area contributed by atoms with E-state index in [-0.39, 0.29) is 5.78 Å². The van der Waals surface area contributed by atoms with E-state index in [4.69, 9.17) is 9.47 Å². The van der Waals surface area contributed by atoms with E-state index < -0.39 is 29.7 Å². The fraction of sp³-hybridized carbons (Fsp3) is 0.250. The predicted molar refractivity (Wildman–Crippen MR) is 98.0 cm³/mol. The van der Waals surface area contributed by atoms with E-state index in [2.05, 4.69) is 15.9 Å². The molecule has 5 nitrogen and oxygen atoms in total. The maximum Gasteiger partial charge on any atom is 0.326 e. The molecule has 3 atom stereocenters. The van der Waals surface area contributed by atoms with E-state index in [9.17, 15) is 14.4 Å². The molecule has 0 fully saturated rings. The summed E-state index contributed by atoms with van der Waals surface area (Å²) in [5, 5.41) is 0. The van der Waals surface area contributed by atoms with Gasteiger partial charge in [-0.2, -0.15) is 0 Å². The average molecular weight is 417 g/mol. The lowest BCUT2D eigenvalue weighted by Crippen LogP contribution is -2.42. The van der Waals surface area contributed by atoms with Crippen LogP contribution in [0.1, 0.15) is 28.8 Å². The SMILES string of the molecule is COC(=O)[C@H]1C(=O)Oc2ccc(Br)cc2[C@@H]1[C@H](C)C(=O)c1ccccc1. The van der Waals surface area contributed by atoms with Crippen LogP contribution in [-0.2, 0) is 14.3 Å². The molecular weight excluding hydrogens is 400 g/mol. The van der Waals surface area contributed by atoms with Gasteiger partial charge in [-0.25, -0.2) is 0 Å². The molecule has 0 spiro atoms. The van der Waals surface area contributed by atoms with E-state index in [0.717, 1.165) is 4.47 Å². The summed E-state index contributed by atoms with van der Waals surface area (Å²) >= 11 is 3.40. The number of ketones is 1. The van der Waals surface area contributed by atoms with E-state index in [1.54, 1.807) is 49.4 Å². The highest BCUT2D eigenvalue weighted by atomic mass is 79.9. The molecule has 0 saturated heterocycles. The zero-order valence-corrected chi connectivity index (χ0v) is 15.9. The summed E-state index contributed by atoms with van der Waals surface area (Å²) < 4.78 is 10.9. The fourth-order valence-electron chi connectivity index (χ4n) is 3.33. The second-order valence-electron chi connectivity index (χ2n) is 6.15. The summed E-state index contributed by atoms with van der Waals surface area (Å²) in [4.78, 5) is 37.8. The number of esters is 2. The Morgan fingerprint density at radius 1 is 1.15 bits per heavy atom. The number of ether oxygens (including phenoxy) is 2. The Morgan fingerprint density at radius 2 is 1.85 bits per heavy atom. The Kier molecular flexibility index (Phi) is 5.23. The normalized spacial score (nSPS) is 19.9. The Labute approximate surface area is 159 Å². The average Bonchev–Trinajstić information content (AvgIpc) is 2.66. The summed E-state index contributed by atoms with van der Waals surface area (Å²) in [6.45, 7) is 1.72. The summed E-state index contributed by atoms with van der Waals surface area (Å²) in [6, 6.07) is 14.0. The minimum atomic E-state index is -1.19. The van der Waals surface area contributed by atoms with Gasteiger partial charge < -0.3 is 9.47 Å². The molecule has 6 heteroatoms. The summed E-state index contributed by atoms with van der Waals surface area (Å²) in [5.74, 6) is -3.69. The van der Waals surface area contributed by atoms with Crippen LogP contribution in [0, 0.1) is 11.8 Å². The molecule has 3 rings (SSSR count). The molecule has 1 heterocycles. The summed E-state index contributed by atoms with van der Waals surface area (Å²) in [6.07, 6.45) is 0. The Balaban J connectivity index is 2.10. The highest BCUT2D eigenvalue weighted by Crippen LogP contribution is 2.44. The Hall–Kier alpha value is -2.47. The van der Waals surface area contributed by atoms with Crippen LogP contribution in [0.15, 0.2) is 53.0 Å². The van der Waals surface area contributed by atoms with Crippen molar-refractivity contribution in [2.24, 2.45) is 11.8 Å². The van der Waals surface area contributed by atoms with Crippen molar-refractivity contribution in [3.63, 3.8) is 0 Å². The molecule has 134 valence electrons. The van der Waals surface area contributed by atoms with Crippen molar-refractivity contribution in [3.05, 3.63) is 64.1 Å². The van der Waals surface area contributed by atoms with Crippen molar-refractivity contribution in [1.82, 2.24) is 0 Å². The van der Waals surface area contributed by atoms with E-state index in [1.165, 1.54) is 7.11 Å². The number of methoxy groups -OCH3 is 1. The van der Waals surface area contributed by atoms with Gasteiger partial charge in [0.25, 0.3) is 0 Å². The van der Waals surface area contributed by atoms with Gasteiger partial charge >= 0.3 is 11.9 Å². The number of hydrogen-bond acceptors (Lipinski definition) is 5. The fourth-order valence-corrected chi connectivity index (χ4v) is 3.71. The highest BCUT2D eigenvalue weighted by molar-refractivity contribution is 9.10. The maximum absolute atomic E-state index is 13.0. The van der Waals surface area contributed by atoms with Gasteiger partial charge in [0.2, 0.25) is 0 Å². The Bertz CT molecular complexity index is 862. The van der Waals surface area contributed by atoms with Crippen LogP contribution in [-0.4, -0.2) is 24.8 Å². The van der Waals surface area contributed by atoms with Gasteiger partial charge in [0.1, 0.15) is 5.75 Å². The molecule has 0 amide bonds. The van der Waals surface area contributed by atoms with Crippen LogP contribution >= 0.6 is 15.9 Å². The second kappa shape index (κ2) is 7.41. The quantitative estimate of drug-likeness (QED) is 0.328. The summed E-state index contributed by atoms with van der Waals surface area (Å²) in [5.41, 5.74) is 1.16. The van der Waals surface area contributed by atoms with Crippen LogP contribution in [0.25, 0.3) is 0 Å². The molecule has 0 radical (unpaired) electrons. The molecule has 1 aliphatic heterocycles. The number of benzene rings is 2. The van der Waals surface area contributed by atoms with Crippen molar-refractivity contribution >= 4 is 33.7 Å². The third-order valence-electron chi connectivity index (χ3n) is 4.62. The number of carbonyl (C=O) groups is 3. The van der Waals surface area contributed by atoms with Gasteiger partial charge in [-0.3, -0.25) is 14.4 Å². The number of Topliss-reactive ketones (excluding diaryl/α,β-unsaturated/α-hetero) is 1. The van der Waals surface area contributed by atoms with E-state index in [1.807, 2.05) is 6.07 Å². The van der Waals surface area contributed by atoms with Crippen molar-refractivity contribution in [2.45, 2.75) is 12.8 Å². The first-order valence-corrected chi connectivity index (χ1v) is 8.91. The zero-order valence-electron chi connectivity index (χ0n) is 14.3. The molecule has 0 N–H and O–H groups in total. The van der Waals surface area contributed by atoms with Gasteiger partial charge in [-0.15, -0.1) is 0 Å². The van der Waals surface area contributed by atoms with Crippen molar-refractivity contribution in [2.75, 3.05) is 7.11 Å². The third-order valence-corrected chi connectivity index (χ3v) is 5.11. The van der Waals surface area contributed by atoms with Crippen LogP contribution in [0.3, 0.4) is 0 Å². The molecule has 0 unspecified atom stereocenters. The zero-order chi connectivity index (χ0) is 18.8. The van der Waals surface area contributed by atoms with Crippen LogP contribution in [0.2, 0.25) is 0 Å². The smallest absolute Gasteiger partial charge is 0.326 e. The van der Waals surface area contributed by atoms with Crippen molar-refractivity contribution in [1.29, 1.82) is 0 Å². The number of rotatable bonds is 4. The largest absolute Gasteiger partial charge is 0.468 e. The van der Waals surface area contributed by atoms with Gasteiger partial charge in [0.15, 0.2) is 11.7 Å². The molecule has 0 saturated carbocycles. The van der Waals surface area contributed by atoms with Gasteiger partial charge in [0.05, 0.1) is 7.11 Å². The monoisotopic (exact) mass is 416 g/mol. The molecule has 0 aromatic heterocycles. The molecule has 1 aliphatic rings. The minimum absolute atomic E-state index is 0.148. The molecule has 2 aromatic rings. The maximum atomic E-state index is 13.0. The lowest BCUT2D eigenvalue weighted by Gasteiger charge is -2.33. The van der Waals surface area contributed by atoms with Gasteiger partial charge in [-0.1, -0.05) is 53.2 Å². The first-order valence-electron chi connectivity index (χ1n) is 8.12. The Morgan fingerprint density at radius 3 is 2.50 bits per heavy atom. The minimum Gasteiger partial charge on any atom is -0.468 e. The second-order valence-corrected chi connectivity index (χ2v) is 7.06. The first-order chi connectivity index (χ1) is 12.4. The van der Waals surface area contributed by atoms with E-state index >= 15 is 0 Å². The number of carbonyl (C=O) groups excluding carboxylic acids is 3. The van der Waals surface area contributed by atoms with Gasteiger partial charge in [0, 0.05) is 27.4 Å². The predicted octanol–water partition coefficient (Wildman–Crippen LogP) is 3.76. The number of halogens is 1. The molecule has 0 bridgehead atoms. The highest BCUT2D eigenvalue weighted by Gasteiger charge is 2.47. The molecular formula is C20H17BrO5.